The summed E-state index contributed by atoms with van der Waals surface area (Å²) in [5, 5.41) is 4.38. The van der Waals surface area contributed by atoms with Crippen LogP contribution in [0.5, 0.6) is 11.5 Å². The summed E-state index contributed by atoms with van der Waals surface area (Å²) in [7, 11) is 0. The number of hydrogen-bond acceptors (Lipinski definition) is 7. The number of carbonyl (C=O) groups excluding carboxylic acids is 1. The lowest BCUT2D eigenvalue weighted by atomic mass is 10.1. The standard InChI is InChI=1S/C22H27N5O4/c1-17(27-15-19(13-23-27)22(28)26-8-10-29-11-9-26)25-6-4-24(5-7-25)14-18-2-3-20-21(12-18)31-16-30-20/h2-3,12-13,15H,1,4-11,14,16H2. The Morgan fingerprint density at radius 1 is 1.00 bits per heavy atom. The lowest BCUT2D eigenvalue weighted by Gasteiger charge is -2.36. The highest BCUT2D eigenvalue weighted by Crippen LogP contribution is 2.33. The molecule has 0 spiro atoms. The molecule has 31 heavy (non-hydrogen) atoms. The summed E-state index contributed by atoms with van der Waals surface area (Å²) < 4.78 is 17.9. The predicted octanol–water partition coefficient (Wildman–Crippen LogP) is 1.33. The van der Waals surface area contributed by atoms with Gasteiger partial charge in [-0.1, -0.05) is 12.6 Å². The van der Waals surface area contributed by atoms with Crippen LogP contribution in [0.2, 0.25) is 0 Å². The van der Waals surface area contributed by atoms with E-state index < -0.39 is 0 Å². The van der Waals surface area contributed by atoms with Crippen molar-refractivity contribution in [1.82, 2.24) is 24.5 Å². The largest absolute Gasteiger partial charge is 0.454 e. The van der Waals surface area contributed by atoms with Crippen LogP contribution in [-0.4, -0.2) is 89.7 Å². The van der Waals surface area contributed by atoms with E-state index in [1.54, 1.807) is 17.1 Å². The first-order chi connectivity index (χ1) is 15.2. The Kier molecular flexibility index (Phi) is 5.52. The van der Waals surface area contributed by atoms with Crippen molar-refractivity contribution in [2.45, 2.75) is 6.54 Å². The van der Waals surface area contributed by atoms with Gasteiger partial charge >= 0.3 is 0 Å². The molecule has 1 aromatic heterocycles. The molecule has 0 N–H and O–H groups in total. The van der Waals surface area contributed by atoms with Crippen LogP contribution in [0.15, 0.2) is 37.2 Å². The fourth-order valence-electron chi connectivity index (χ4n) is 4.13. The van der Waals surface area contributed by atoms with E-state index in [1.807, 2.05) is 11.0 Å². The Hall–Kier alpha value is -3.04. The molecule has 3 aliphatic heterocycles. The molecule has 4 heterocycles. The molecule has 3 aliphatic rings. The van der Waals surface area contributed by atoms with E-state index in [2.05, 4.69) is 33.6 Å². The van der Waals surface area contributed by atoms with Gasteiger partial charge in [0, 0.05) is 52.0 Å². The van der Waals surface area contributed by atoms with Crippen molar-refractivity contribution in [3.63, 3.8) is 0 Å². The van der Waals surface area contributed by atoms with Gasteiger partial charge in [0.2, 0.25) is 6.79 Å². The number of carbonyl (C=O) groups is 1. The van der Waals surface area contributed by atoms with Crippen LogP contribution in [-0.2, 0) is 11.3 Å². The van der Waals surface area contributed by atoms with E-state index in [0.29, 0.717) is 38.7 Å². The highest BCUT2D eigenvalue weighted by Gasteiger charge is 2.23. The Morgan fingerprint density at radius 3 is 2.58 bits per heavy atom. The summed E-state index contributed by atoms with van der Waals surface area (Å²) >= 11 is 0. The van der Waals surface area contributed by atoms with Gasteiger partial charge in [0.15, 0.2) is 11.5 Å². The molecule has 9 heteroatoms. The molecule has 1 aromatic carbocycles. The van der Waals surface area contributed by atoms with E-state index in [-0.39, 0.29) is 5.91 Å². The monoisotopic (exact) mass is 425 g/mol. The summed E-state index contributed by atoms with van der Waals surface area (Å²) in [6.45, 7) is 11.4. The van der Waals surface area contributed by atoms with Crippen molar-refractivity contribution in [2.24, 2.45) is 0 Å². The molecule has 2 aromatic rings. The molecule has 2 fully saturated rings. The normalized spacial score (nSPS) is 19.0. The lowest BCUT2D eigenvalue weighted by molar-refractivity contribution is 0.0303. The van der Waals surface area contributed by atoms with Gasteiger partial charge in [0.25, 0.3) is 5.91 Å². The summed E-state index contributed by atoms with van der Waals surface area (Å²) in [5.41, 5.74) is 1.80. The molecule has 2 saturated heterocycles. The average molecular weight is 425 g/mol. The van der Waals surface area contributed by atoms with Crippen LogP contribution in [0, 0.1) is 0 Å². The minimum atomic E-state index is -0.00380. The molecule has 164 valence electrons. The topological polar surface area (TPSA) is 72.3 Å². The van der Waals surface area contributed by atoms with Gasteiger partial charge in [-0.2, -0.15) is 5.10 Å². The van der Waals surface area contributed by atoms with E-state index in [1.165, 1.54) is 5.56 Å². The van der Waals surface area contributed by atoms with Crippen molar-refractivity contribution in [3.05, 3.63) is 48.3 Å². The smallest absolute Gasteiger partial charge is 0.257 e. The third kappa shape index (κ3) is 4.24. The van der Waals surface area contributed by atoms with Gasteiger partial charge in [-0.25, -0.2) is 4.68 Å². The first-order valence-electron chi connectivity index (χ1n) is 10.6. The fourth-order valence-corrected chi connectivity index (χ4v) is 4.13. The highest BCUT2D eigenvalue weighted by atomic mass is 16.7. The van der Waals surface area contributed by atoms with Crippen LogP contribution in [0.25, 0.3) is 5.82 Å². The minimum absolute atomic E-state index is 0.00380. The number of hydrogen-bond donors (Lipinski definition) is 0. The second-order valence-electron chi connectivity index (χ2n) is 7.95. The fraction of sp³-hybridized carbons (Fsp3) is 0.455. The first-order valence-corrected chi connectivity index (χ1v) is 10.6. The second kappa shape index (κ2) is 8.60. The van der Waals surface area contributed by atoms with Crippen molar-refractivity contribution >= 4 is 11.7 Å². The number of nitrogens with zero attached hydrogens (tertiary/aromatic N) is 5. The molecular weight excluding hydrogens is 398 g/mol. The lowest BCUT2D eigenvalue weighted by Crippen LogP contribution is -2.45. The number of amides is 1. The Bertz CT molecular complexity index is 961. The summed E-state index contributed by atoms with van der Waals surface area (Å²) in [6, 6.07) is 6.13. The van der Waals surface area contributed by atoms with Crippen LogP contribution in [0.3, 0.4) is 0 Å². The molecule has 0 bridgehead atoms. The Balaban J connectivity index is 1.15. The van der Waals surface area contributed by atoms with E-state index >= 15 is 0 Å². The summed E-state index contributed by atoms with van der Waals surface area (Å²) in [5.74, 6) is 2.43. The number of fused-ring (bicyclic) bond motifs is 1. The third-order valence-corrected chi connectivity index (χ3v) is 5.97. The van der Waals surface area contributed by atoms with E-state index in [4.69, 9.17) is 14.2 Å². The van der Waals surface area contributed by atoms with Crippen LogP contribution in [0.4, 0.5) is 0 Å². The Morgan fingerprint density at radius 2 is 1.77 bits per heavy atom. The molecule has 0 saturated carbocycles. The number of rotatable bonds is 5. The minimum Gasteiger partial charge on any atom is -0.454 e. The highest BCUT2D eigenvalue weighted by molar-refractivity contribution is 5.94. The maximum atomic E-state index is 12.6. The van der Waals surface area contributed by atoms with Gasteiger partial charge in [-0.05, 0) is 17.7 Å². The maximum absolute atomic E-state index is 12.6. The van der Waals surface area contributed by atoms with Crippen molar-refractivity contribution in [1.29, 1.82) is 0 Å². The van der Waals surface area contributed by atoms with E-state index in [0.717, 1.165) is 50.0 Å². The van der Waals surface area contributed by atoms with Gasteiger partial charge in [0.1, 0.15) is 5.82 Å². The number of morpholine rings is 1. The molecular formula is C22H27N5O4. The average Bonchev–Trinajstić information content (AvgIpc) is 3.49. The zero-order valence-electron chi connectivity index (χ0n) is 17.5. The summed E-state index contributed by atoms with van der Waals surface area (Å²) in [4.78, 5) is 19.1. The molecule has 0 radical (unpaired) electrons. The quantitative estimate of drug-likeness (QED) is 0.716. The number of aromatic nitrogens is 2. The third-order valence-electron chi connectivity index (χ3n) is 5.97. The summed E-state index contributed by atoms with van der Waals surface area (Å²) in [6.07, 6.45) is 3.40. The second-order valence-corrected chi connectivity index (χ2v) is 7.95. The Labute approximate surface area is 181 Å². The first kappa shape index (κ1) is 19.9. The number of piperazine rings is 1. The molecule has 0 atom stereocenters. The van der Waals surface area contributed by atoms with Crippen molar-refractivity contribution < 1.29 is 19.0 Å². The van der Waals surface area contributed by atoms with Gasteiger partial charge < -0.3 is 24.0 Å². The number of benzene rings is 1. The maximum Gasteiger partial charge on any atom is 0.257 e. The molecule has 9 nitrogen and oxygen atoms in total. The molecule has 5 rings (SSSR count). The molecule has 1 amide bonds. The molecule has 0 unspecified atom stereocenters. The van der Waals surface area contributed by atoms with Crippen LogP contribution in [0.1, 0.15) is 15.9 Å². The number of ether oxygens (including phenoxy) is 3. The zero-order chi connectivity index (χ0) is 21.2. The van der Waals surface area contributed by atoms with Crippen LogP contribution < -0.4 is 9.47 Å². The van der Waals surface area contributed by atoms with Crippen molar-refractivity contribution in [2.75, 3.05) is 59.3 Å². The SMILES string of the molecule is C=C(N1CCN(Cc2ccc3c(c2)OCO3)CC1)n1cc(C(=O)N2CCOCC2)cn1. The van der Waals surface area contributed by atoms with Crippen molar-refractivity contribution in [3.8, 4) is 11.5 Å². The molecule has 0 aliphatic carbocycles. The van der Waals surface area contributed by atoms with Gasteiger partial charge in [-0.3, -0.25) is 9.69 Å². The zero-order valence-corrected chi connectivity index (χ0v) is 17.5. The van der Waals surface area contributed by atoms with E-state index in [9.17, 15) is 4.79 Å². The predicted molar refractivity (Wildman–Crippen MR) is 114 cm³/mol. The van der Waals surface area contributed by atoms with Crippen LogP contribution >= 0.6 is 0 Å². The van der Waals surface area contributed by atoms with Gasteiger partial charge in [0.05, 0.1) is 25.0 Å². The van der Waals surface area contributed by atoms with Gasteiger partial charge in [-0.15, -0.1) is 0 Å².